The number of fused-ring (bicyclic) bond motifs is 1. The van der Waals surface area contributed by atoms with Crippen molar-refractivity contribution in [1.29, 1.82) is 0 Å². The number of imide groups is 1. The maximum Gasteiger partial charge on any atom is 0.242 e. The second kappa shape index (κ2) is 11.3. The van der Waals surface area contributed by atoms with E-state index in [-0.39, 0.29) is 54.5 Å². The van der Waals surface area contributed by atoms with E-state index in [0.29, 0.717) is 25.8 Å². The number of amides is 4. The smallest absolute Gasteiger partial charge is 0.242 e. The van der Waals surface area contributed by atoms with Gasteiger partial charge in [0.25, 0.3) is 0 Å². The van der Waals surface area contributed by atoms with Crippen LogP contribution in [0.1, 0.15) is 52.0 Å². The monoisotopic (exact) mass is 453 g/mol. The Morgan fingerprint density at radius 2 is 1.67 bits per heavy atom. The van der Waals surface area contributed by atoms with Crippen LogP contribution < -0.4 is 5.32 Å². The maximum absolute atomic E-state index is 13.2. The third-order valence-electron chi connectivity index (χ3n) is 6.80. The van der Waals surface area contributed by atoms with Crippen LogP contribution in [0, 0.1) is 11.8 Å². The fraction of sp³-hybridized carbons (Fsp3) is 0.538. The minimum atomic E-state index is -0.646. The molecule has 0 bridgehead atoms. The summed E-state index contributed by atoms with van der Waals surface area (Å²) in [5.74, 6) is -1.39. The molecule has 2 aliphatic rings. The third-order valence-corrected chi connectivity index (χ3v) is 6.80. The molecule has 1 aromatic carbocycles. The predicted octanol–water partition coefficient (Wildman–Crippen LogP) is 2.70. The van der Waals surface area contributed by atoms with E-state index in [9.17, 15) is 19.2 Å². The van der Waals surface area contributed by atoms with Gasteiger partial charge in [0, 0.05) is 25.6 Å². The number of rotatable bonds is 10. The Kier molecular flexibility index (Phi) is 8.42. The SMILES string of the molecule is CC[C@H](C)NC(=O)[C@@H](C)N(CCc1ccccc1)C(=O)CCN1C(=O)[C@H]2CC=CC[C@H]2C1=O. The van der Waals surface area contributed by atoms with Crippen LogP contribution >= 0.6 is 0 Å². The van der Waals surface area contributed by atoms with Crippen LogP contribution in [0.15, 0.2) is 42.5 Å². The van der Waals surface area contributed by atoms with Gasteiger partial charge in [-0.25, -0.2) is 0 Å². The molecular formula is C26H35N3O4. The van der Waals surface area contributed by atoms with Crippen LogP contribution in [0.4, 0.5) is 0 Å². The molecule has 1 aliphatic heterocycles. The highest BCUT2D eigenvalue weighted by Crippen LogP contribution is 2.35. The first-order chi connectivity index (χ1) is 15.8. The molecule has 1 N–H and O–H groups in total. The number of hydrogen-bond donors (Lipinski definition) is 1. The van der Waals surface area contributed by atoms with Crippen molar-refractivity contribution in [2.24, 2.45) is 11.8 Å². The molecule has 33 heavy (non-hydrogen) atoms. The fourth-order valence-electron chi connectivity index (χ4n) is 4.48. The molecule has 0 radical (unpaired) electrons. The maximum atomic E-state index is 13.2. The normalized spacial score (nSPS) is 21.5. The fourth-order valence-corrected chi connectivity index (χ4v) is 4.48. The number of carbonyl (C=O) groups is 4. The van der Waals surface area contributed by atoms with Crippen molar-refractivity contribution in [1.82, 2.24) is 15.1 Å². The van der Waals surface area contributed by atoms with E-state index >= 15 is 0 Å². The molecule has 0 unspecified atom stereocenters. The first-order valence-electron chi connectivity index (χ1n) is 12.0. The molecule has 1 fully saturated rings. The molecule has 1 saturated heterocycles. The zero-order valence-corrected chi connectivity index (χ0v) is 19.8. The molecular weight excluding hydrogens is 418 g/mol. The number of benzene rings is 1. The Morgan fingerprint density at radius 3 is 2.24 bits per heavy atom. The number of likely N-dealkylation sites (tertiary alicyclic amines) is 1. The van der Waals surface area contributed by atoms with Gasteiger partial charge in [-0.05, 0) is 45.1 Å². The van der Waals surface area contributed by atoms with Crippen LogP contribution in [0.3, 0.4) is 0 Å². The summed E-state index contributed by atoms with van der Waals surface area (Å²) in [7, 11) is 0. The van der Waals surface area contributed by atoms with Crippen molar-refractivity contribution >= 4 is 23.6 Å². The summed E-state index contributed by atoms with van der Waals surface area (Å²) in [4.78, 5) is 54.3. The average molecular weight is 454 g/mol. The summed E-state index contributed by atoms with van der Waals surface area (Å²) in [6.45, 7) is 6.10. The molecule has 3 rings (SSSR count). The van der Waals surface area contributed by atoms with E-state index in [0.717, 1.165) is 12.0 Å². The summed E-state index contributed by atoms with van der Waals surface area (Å²) >= 11 is 0. The van der Waals surface area contributed by atoms with Crippen LogP contribution in [0.25, 0.3) is 0 Å². The van der Waals surface area contributed by atoms with Crippen molar-refractivity contribution < 1.29 is 19.2 Å². The van der Waals surface area contributed by atoms with E-state index in [1.807, 2.05) is 56.3 Å². The van der Waals surface area contributed by atoms with Gasteiger partial charge in [0.15, 0.2) is 0 Å². The lowest BCUT2D eigenvalue weighted by molar-refractivity contribution is -0.143. The Hall–Kier alpha value is -2.96. The Balaban J connectivity index is 1.66. The van der Waals surface area contributed by atoms with Crippen molar-refractivity contribution in [3.8, 4) is 0 Å². The molecule has 1 heterocycles. The van der Waals surface area contributed by atoms with Gasteiger partial charge in [-0.1, -0.05) is 49.4 Å². The number of allylic oxidation sites excluding steroid dienone is 2. The first kappa shape index (κ1) is 24.7. The molecule has 178 valence electrons. The van der Waals surface area contributed by atoms with Gasteiger partial charge >= 0.3 is 0 Å². The molecule has 7 nitrogen and oxygen atoms in total. The van der Waals surface area contributed by atoms with Crippen LogP contribution in [-0.4, -0.2) is 58.6 Å². The molecule has 0 spiro atoms. The topological polar surface area (TPSA) is 86.8 Å². The van der Waals surface area contributed by atoms with Gasteiger partial charge in [-0.3, -0.25) is 24.1 Å². The van der Waals surface area contributed by atoms with Crippen LogP contribution in [-0.2, 0) is 25.6 Å². The van der Waals surface area contributed by atoms with Gasteiger partial charge in [0.1, 0.15) is 6.04 Å². The summed E-state index contributed by atoms with van der Waals surface area (Å²) in [6.07, 6.45) is 6.48. The predicted molar refractivity (Wildman–Crippen MR) is 126 cm³/mol. The van der Waals surface area contributed by atoms with Crippen molar-refractivity contribution in [2.75, 3.05) is 13.1 Å². The largest absolute Gasteiger partial charge is 0.352 e. The summed E-state index contributed by atoms with van der Waals surface area (Å²) in [5, 5.41) is 2.95. The molecule has 4 atom stereocenters. The van der Waals surface area contributed by atoms with Gasteiger partial charge in [0.2, 0.25) is 23.6 Å². The van der Waals surface area contributed by atoms with Gasteiger partial charge in [-0.2, -0.15) is 0 Å². The van der Waals surface area contributed by atoms with Crippen molar-refractivity contribution in [2.45, 2.75) is 65.0 Å². The quantitative estimate of drug-likeness (QED) is 0.436. The van der Waals surface area contributed by atoms with E-state index in [1.54, 1.807) is 11.8 Å². The Labute approximate surface area is 196 Å². The lowest BCUT2D eigenvalue weighted by Gasteiger charge is -2.30. The van der Waals surface area contributed by atoms with Gasteiger partial charge in [0.05, 0.1) is 11.8 Å². The van der Waals surface area contributed by atoms with Crippen molar-refractivity contribution in [3.63, 3.8) is 0 Å². The van der Waals surface area contributed by atoms with Crippen molar-refractivity contribution in [3.05, 3.63) is 48.0 Å². The minimum Gasteiger partial charge on any atom is -0.352 e. The zero-order chi connectivity index (χ0) is 24.0. The standard InChI is InChI=1S/C26H35N3O4/c1-4-18(2)27-24(31)19(3)28(16-14-20-10-6-5-7-11-20)23(30)15-17-29-25(32)21-12-8-9-13-22(21)26(29)33/h5-11,18-19,21-22H,4,12-17H2,1-3H3,(H,27,31)/t18-,19+,21-,22+/m0/s1. The van der Waals surface area contributed by atoms with Gasteiger partial charge < -0.3 is 10.2 Å². The van der Waals surface area contributed by atoms with E-state index in [2.05, 4.69) is 5.32 Å². The van der Waals surface area contributed by atoms with E-state index in [4.69, 9.17) is 0 Å². The highest BCUT2D eigenvalue weighted by molar-refractivity contribution is 6.05. The first-order valence-corrected chi connectivity index (χ1v) is 12.0. The lowest BCUT2D eigenvalue weighted by atomic mass is 9.85. The van der Waals surface area contributed by atoms with Gasteiger partial charge in [-0.15, -0.1) is 0 Å². The lowest BCUT2D eigenvalue weighted by Crippen LogP contribution is -2.51. The molecule has 1 aromatic rings. The Morgan fingerprint density at radius 1 is 1.06 bits per heavy atom. The highest BCUT2D eigenvalue weighted by Gasteiger charge is 2.47. The van der Waals surface area contributed by atoms with E-state index in [1.165, 1.54) is 4.90 Å². The average Bonchev–Trinajstić information content (AvgIpc) is 3.07. The molecule has 0 aromatic heterocycles. The van der Waals surface area contributed by atoms with E-state index < -0.39 is 6.04 Å². The number of nitrogens with zero attached hydrogens (tertiary/aromatic N) is 2. The zero-order valence-electron chi connectivity index (χ0n) is 19.8. The number of nitrogens with one attached hydrogen (secondary N) is 1. The molecule has 7 heteroatoms. The highest BCUT2D eigenvalue weighted by atomic mass is 16.2. The summed E-state index contributed by atoms with van der Waals surface area (Å²) < 4.78 is 0. The summed E-state index contributed by atoms with van der Waals surface area (Å²) in [5.41, 5.74) is 1.08. The number of carbonyl (C=O) groups excluding carboxylic acids is 4. The van der Waals surface area contributed by atoms with Crippen LogP contribution in [0.2, 0.25) is 0 Å². The second-order valence-corrected chi connectivity index (χ2v) is 9.05. The second-order valence-electron chi connectivity index (χ2n) is 9.05. The summed E-state index contributed by atoms with van der Waals surface area (Å²) in [6, 6.07) is 9.17. The number of hydrogen-bond acceptors (Lipinski definition) is 4. The molecule has 0 saturated carbocycles. The third kappa shape index (κ3) is 5.89. The van der Waals surface area contributed by atoms with Crippen LogP contribution in [0.5, 0.6) is 0 Å². The molecule has 1 aliphatic carbocycles. The molecule has 4 amide bonds. The minimum absolute atomic E-state index is 0.0140. The Bertz CT molecular complexity index is 872.